The van der Waals surface area contributed by atoms with Gasteiger partial charge in [-0.2, -0.15) is 0 Å². The first-order valence-electron chi connectivity index (χ1n) is 33.5. The molecule has 0 spiro atoms. The summed E-state index contributed by atoms with van der Waals surface area (Å²) in [6.45, 7) is 4.83. The van der Waals surface area contributed by atoms with Crippen LogP contribution in [-0.2, 0) is 18.4 Å². The first-order valence-corrected chi connectivity index (χ1v) is 35.0. The maximum absolute atomic E-state index is 13.0. The van der Waals surface area contributed by atoms with Gasteiger partial charge in [0.15, 0.2) is 0 Å². The number of hydrogen-bond donors (Lipinski definition) is 3. The number of carbonyl (C=O) groups excluding carboxylic acids is 1. The molecule has 0 aliphatic rings. The van der Waals surface area contributed by atoms with Crippen molar-refractivity contribution in [1.29, 1.82) is 0 Å². The Morgan fingerprint density at radius 1 is 0.429 bits per heavy atom. The van der Waals surface area contributed by atoms with Crippen molar-refractivity contribution in [1.82, 2.24) is 5.32 Å². The minimum Gasteiger partial charge on any atom is -0.387 e. The smallest absolute Gasteiger partial charge is 0.387 e. The Kier molecular flexibility index (Phi) is 57.9. The average Bonchev–Trinajstić information content (AvgIpc) is 3.39. The van der Waals surface area contributed by atoms with E-state index in [4.69, 9.17) is 9.05 Å². The first-order chi connectivity index (χ1) is 37.5. The van der Waals surface area contributed by atoms with E-state index in [0.717, 1.165) is 44.9 Å². The normalized spacial score (nSPS) is 14.0. The summed E-state index contributed by atoms with van der Waals surface area (Å²) in [7, 11) is 1.56. The molecule has 454 valence electrons. The quantitative estimate of drug-likeness (QED) is 0.0243. The Labute approximate surface area is 479 Å². The number of amides is 1. The SMILES string of the molecule is CCCCCCCCCCCCCC/C=C\CCCCCCCCCCCCCCCCCC(=O)NC(COP(=O)(O)OCC[N+](C)(C)C)C(O)/C=C/CC/C=C/CC/C=C/CCCCCCCCCCCCCCCC. The van der Waals surface area contributed by atoms with E-state index in [1.54, 1.807) is 6.08 Å². The highest BCUT2D eigenvalue weighted by atomic mass is 31.2. The van der Waals surface area contributed by atoms with Crippen molar-refractivity contribution in [3.63, 3.8) is 0 Å². The molecule has 0 aliphatic heterocycles. The van der Waals surface area contributed by atoms with Crippen LogP contribution in [0.5, 0.6) is 0 Å². The van der Waals surface area contributed by atoms with E-state index >= 15 is 0 Å². The molecule has 3 atom stereocenters. The first kappa shape index (κ1) is 75.5. The third-order valence-electron chi connectivity index (χ3n) is 15.2. The molecule has 0 saturated heterocycles. The molecule has 8 nitrogen and oxygen atoms in total. The Hall–Kier alpha value is -1.54. The number of phosphoric ester groups is 1. The predicted molar refractivity (Wildman–Crippen MR) is 337 cm³/mol. The zero-order valence-corrected chi connectivity index (χ0v) is 52.9. The molecule has 0 bridgehead atoms. The van der Waals surface area contributed by atoms with E-state index in [2.05, 4.69) is 55.6 Å². The van der Waals surface area contributed by atoms with E-state index in [1.165, 1.54) is 263 Å². The van der Waals surface area contributed by atoms with Crippen LogP contribution in [0.1, 0.15) is 328 Å². The maximum atomic E-state index is 13.0. The molecule has 3 unspecified atom stereocenters. The number of aliphatic hydroxyl groups excluding tert-OH is 1. The molecule has 0 heterocycles. The fourth-order valence-electron chi connectivity index (χ4n) is 10.0. The molecule has 0 aromatic heterocycles. The fourth-order valence-corrected chi connectivity index (χ4v) is 10.7. The van der Waals surface area contributed by atoms with Gasteiger partial charge in [0.25, 0.3) is 0 Å². The number of allylic oxidation sites excluding steroid dienone is 7. The molecule has 0 rings (SSSR count). The van der Waals surface area contributed by atoms with E-state index in [-0.39, 0.29) is 19.1 Å². The molecule has 77 heavy (non-hydrogen) atoms. The van der Waals surface area contributed by atoms with Gasteiger partial charge in [-0.1, -0.05) is 300 Å². The molecule has 0 radical (unpaired) electrons. The number of nitrogens with one attached hydrogen (secondary N) is 1. The van der Waals surface area contributed by atoms with Crippen LogP contribution in [-0.4, -0.2) is 73.4 Å². The molecular weight excluding hydrogens is 972 g/mol. The highest BCUT2D eigenvalue weighted by molar-refractivity contribution is 7.47. The van der Waals surface area contributed by atoms with Gasteiger partial charge < -0.3 is 19.8 Å². The lowest BCUT2D eigenvalue weighted by molar-refractivity contribution is -0.870. The predicted octanol–water partition coefficient (Wildman–Crippen LogP) is 21.1. The van der Waals surface area contributed by atoms with Gasteiger partial charge in [0.1, 0.15) is 13.2 Å². The van der Waals surface area contributed by atoms with Gasteiger partial charge in [0, 0.05) is 6.42 Å². The van der Waals surface area contributed by atoms with Crippen LogP contribution >= 0.6 is 7.82 Å². The van der Waals surface area contributed by atoms with Crippen LogP contribution in [0.25, 0.3) is 0 Å². The summed E-state index contributed by atoms with van der Waals surface area (Å²) in [6.07, 6.45) is 79.7. The number of rotatable bonds is 62. The summed E-state index contributed by atoms with van der Waals surface area (Å²) in [6, 6.07) is -0.871. The largest absolute Gasteiger partial charge is 0.472 e. The van der Waals surface area contributed by atoms with Crippen LogP contribution in [0.4, 0.5) is 0 Å². The molecule has 0 aliphatic carbocycles. The van der Waals surface area contributed by atoms with Gasteiger partial charge >= 0.3 is 7.82 Å². The van der Waals surface area contributed by atoms with Gasteiger partial charge in [0.2, 0.25) is 5.91 Å². The van der Waals surface area contributed by atoms with Gasteiger partial charge in [-0.25, -0.2) is 4.57 Å². The number of aliphatic hydroxyl groups is 1. The number of carbonyl (C=O) groups is 1. The van der Waals surface area contributed by atoms with Gasteiger partial charge in [-0.15, -0.1) is 0 Å². The van der Waals surface area contributed by atoms with Crippen LogP contribution < -0.4 is 5.32 Å². The second kappa shape index (κ2) is 59.1. The second-order valence-electron chi connectivity index (χ2n) is 24.2. The lowest BCUT2D eigenvalue weighted by atomic mass is 10.0. The molecule has 0 fully saturated rings. The topological polar surface area (TPSA) is 105 Å². The number of quaternary nitrogens is 1. The van der Waals surface area contributed by atoms with Crippen LogP contribution in [0.15, 0.2) is 48.6 Å². The average molecular weight is 1100 g/mol. The Bertz CT molecular complexity index is 1390. The van der Waals surface area contributed by atoms with Crippen molar-refractivity contribution in [3.05, 3.63) is 48.6 Å². The summed E-state index contributed by atoms with van der Waals surface area (Å²) >= 11 is 0. The van der Waals surface area contributed by atoms with Crippen molar-refractivity contribution in [3.8, 4) is 0 Å². The van der Waals surface area contributed by atoms with E-state index in [0.29, 0.717) is 17.4 Å². The summed E-state index contributed by atoms with van der Waals surface area (Å²) in [5.41, 5.74) is 0. The summed E-state index contributed by atoms with van der Waals surface area (Å²) in [5.74, 6) is -0.186. The standard InChI is InChI=1S/C68H131N2O6P/c1-6-8-10-12-14-16-18-20-22-24-26-28-30-32-33-34-35-36-37-38-40-42-44-46-48-50-52-54-56-58-60-62-68(72)69-66(65-76-77(73,74)75-64-63-70(3,4)5)67(71)61-59-57-55-53-51-49-47-45-43-41-39-31-29-27-25-23-21-19-17-15-13-11-9-7-2/h32-33,43,45,51,53,59,61,66-67,71H,6-31,34-42,44,46-50,52,54-58,60,62-65H2,1-5H3,(H-,69,72,73,74)/p+1/b33-32-,45-43+,53-51+,61-59+. The molecule has 1 amide bonds. The second-order valence-corrected chi connectivity index (χ2v) is 25.6. The molecule has 0 saturated carbocycles. The van der Waals surface area contributed by atoms with Gasteiger partial charge in [-0.05, 0) is 70.6 Å². The summed E-state index contributed by atoms with van der Waals surface area (Å²) in [4.78, 5) is 23.4. The number of nitrogens with zero attached hydrogens (tertiary/aromatic N) is 1. The number of unbranched alkanes of at least 4 members (excludes halogenated alkanes) is 43. The van der Waals surface area contributed by atoms with Crippen molar-refractivity contribution < 1.29 is 32.9 Å². The lowest BCUT2D eigenvalue weighted by Gasteiger charge is -2.25. The van der Waals surface area contributed by atoms with Gasteiger partial charge in [0.05, 0.1) is 39.9 Å². The minimum absolute atomic E-state index is 0.0539. The van der Waals surface area contributed by atoms with E-state index in [9.17, 15) is 19.4 Å². The molecular formula is C68H132N2O6P+. The zero-order chi connectivity index (χ0) is 56.3. The number of hydrogen-bond acceptors (Lipinski definition) is 5. The monoisotopic (exact) mass is 1100 g/mol. The van der Waals surface area contributed by atoms with Crippen molar-refractivity contribution in [2.75, 3.05) is 40.9 Å². The third-order valence-corrected chi connectivity index (χ3v) is 16.2. The number of likely N-dealkylation sites (N-methyl/N-ethyl adjacent to an activating group) is 1. The van der Waals surface area contributed by atoms with Crippen LogP contribution in [0.2, 0.25) is 0 Å². The van der Waals surface area contributed by atoms with Gasteiger partial charge in [-0.3, -0.25) is 13.8 Å². The highest BCUT2D eigenvalue weighted by Gasteiger charge is 2.28. The Morgan fingerprint density at radius 3 is 1.04 bits per heavy atom. The molecule has 0 aromatic carbocycles. The van der Waals surface area contributed by atoms with E-state index in [1.807, 2.05) is 27.2 Å². The van der Waals surface area contributed by atoms with Crippen LogP contribution in [0.3, 0.4) is 0 Å². The number of phosphoric acid groups is 1. The fraction of sp³-hybridized carbons (Fsp3) is 0.868. The molecule has 3 N–H and O–H groups in total. The minimum atomic E-state index is -4.36. The highest BCUT2D eigenvalue weighted by Crippen LogP contribution is 2.43. The van der Waals surface area contributed by atoms with Crippen LogP contribution in [0, 0.1) is 0 Å². The Balaban J connectivity index is 4.13. The third kappa shape index (κ3) is 61.9. The molecule has 0 aromatic rings. The van der Waals surface area contributed by atoms with Crippen molar-refractivity contribution in [2.24, 2.45) is 0 Å². The maximum Gasteiger partial charge on any atom is 0.472 e. The van der Waals surface area contributed by atoms with Crippen molar-refractivity contribution >= 4 is 13.7 Å². The van der Waals surface area contributed by atoms with E-state index < -0.39 is 20.0 Å². The zero-order valence-electron chi connectivity index (χ0n) is 52.0. The lowest BCUT2D eigenvalue weighted by Crippen LogP contribution is -2.45. The molecule has 9 heteroatoms. The Morgan fingerprint density at radius 2 is 0.714 bits per heavy atom. The van der Waals surface area contributed by atoms with Crippen molar-refractivity contribution in [2.45, 2.75) is 341 Å². The summed E-state index contributed by atoms with van der Waals surface area (Å²) < 4.78 is 23.8. The summed E-state index contributed by atoms with van der Waals surface area (Å²) in [5, 5.41) is 14.0.